The van der Waals surface area contributed by atoms with Crippen LogP contribution < -0.4 is 75.3 Å². The van der Waals surface area contributed by atoms with Crippen LogP contribution in [0.4, 0.5) is 28.8 Å². The lowest BCUT2D eigenvalue weighted by atomic mass is 10.0. The van der Waals surface area contributed by atoms with Crippen LogP contribution in [0.1, 0.15) is 106 Å². The number of para-hydroxylation sites is 1. The van der Waals surface area contributed by atoms with Gasteiger partial charge in [0.05, 0.1) is 18.1 Å². The van der Waals surface area contributed by atoms with Gasteiger partial charge in [-0.1, -0.05) is 72.6 Å². The molecule has 1 aromatic heterocycles. The van der Waals surface area contributed by atoms with E-state index in [1.54, 1.807) is 0 Å². The first-order valence-electron chi connectivity index (χ1n) is 24.6. The number of urea groups is 6. The maximum absolute atomic E-state index is 13.4. The molecule has 0 spiro atoms. The Kier molecular flexibility index (Phi) is 27.6. The van der Waals surface area contributed by atoms with Crippen LogP contribution >= 0.6 is 0 Å². The molecular formula is C47H87N15O6. The minimum atomic E-state index is -0.466. The number of rotatable bonds is 30. The number of nitrogens with two attached hydrogens (primary N) is 2. The number of carbonyl (C=O) groups excluding carboxylic acids is 6. The predicted octanol–water partition coefficient (Wildman–Crippen LogP) is 3.37. The number of aromatic nitrogens is 1. The highest BCUT2D eigenvalue weighted by atomic mass is 16.2. The molecule has 0 aliphatic carbocycles. The summed E-state index contributed by atoms with van der Waals surface area (Å²) in [6.45, 7) is 19.2. The lowest BCUT2D eigenvalue weighted by molar-refractivity contribution is 0.220. The lowest BCUT2D eigenvalue weighted by Gasteiger charge is -2.26. The number of hydrogen-bond acceptors (Lipinski definition) is 8. The Balaban J connectivity index is 1.99. The maximum atomic E-state index is 13.4. The summed E-state index contributed by atoms with van der Waals surface area (Å²) in [5.74, 6) is 0.249. The van der Waals surface area contributed by atoms with E-state index in [9.17, 15) is 28.8 Å². The van der Waals surface area contributed by atoms with Gasteiger partial charge in [-0.15, -0.1) is 0 Å². The van der Waals surface area contributed by atoms with Crippen LogP contribution in [-0.2, 0) is 6.42 Å². The van der Waals surface area contributed by atoms with Crippen molar-refractivity contribution in [1.29, 1.82) is 0 Å². The summed E-state index contributed by atoms with van der Waals surface area (Å²) >= 11 is 0. The van der Waals surface area contributed by atoms with Crippen molar-refractivity contribution >= 4 is 47.1 Å². The summed E-state index contributed by atoms with van der Waals surface area (Å²) in [5.41, 5.74) is 13.4. The third-order valence-corrected chi connectivity index (χ3v) is 11.7. The van der Waals surface area contributed by atoms with E-state index >= 15 is 0 Å². The Morgan fingerprint density at radius 1 is 0.485 bits per heavy atom. The largest absolute Gasteiger partial charge is 0.361 e. The fourth-order valence-electron chi connectivity index (χ4n) is 7.05. The van der Waals surface area contributed by atoms with Gasteiger partial charge in [-0.25, -0.2) is 28.8 Å². The van der Waals surface area contributed by atoms with Crippen LogP contribution in [0.3, 0.4) is 0 Å². The highest BCUT2D eigenvalue weighted by molar-refractivity contribution is 5.83. The van der Waals surface area contributed by atoms with Crippen molar-refractivity contribution in [2.45, 2.75) is 150 Å². The minimum absolute atomic E-state index is 0.0328. The van der Waals surface area contributed by atoms with Crippen molar-refractivity contribution in [2.75, 3.05) is 45.8 Å². The Morgan fingerprint density at radius 2 is 0.912 bits per heavy atom. The van der Waals surface area contributed by atoms with E-state index in [-0.39, 0.29) is 80.7 Å². The zero-order valence-corrected chi connectivity index (χ0v) is 42.2. The van der Waals surface area contributed by atoms with E-state index in [0.29, 0.717) is 38.8 Å². The monoisotopic (exact) mass is 958 g/mol. The fraction of sp³-hybridized carbons (Fsp3) is 0.702. The van der Waals surface area contributed by atoms with Crippen molar-refractivity contribution in [3.05, 3.63) is 36.0 Å². The number of nitrogens with one attached hydrogen (secondary N) is 13. The van der Waals surface area contributed by atoms with Gasteiger partial charge < -0.3 is 80.3 Å². The smallest absolute Gasteiger partial charge is 0.315 e. The van der Waals surface area contributed by atoms with Gasteiger partial charge in [-0.2, -0.15) is 0 Å². The summed E-state index contributed by atoms with van der Waals surface area (Å²) in [6.07, 6.45) is 6.42. The van der Waals surface area contributed by atoms with Gasteiger partial charge in [0.15, 0.2) is 0 Å². The predicted molar refractivity (Wildman–Crippen MR) is 270 cm³/mol. The molecule has 21 nitrogen and oxygen atoms in total. The fourth-order valence-corrected chi connectivity index (χ4v) is 7.05. The molecule has 0 saturated heterocycles. The van der Waals surface area contributed by atoms with Crippen molar-refractivity contribution in [2.24, 2.45) is 29.2 Å². The van der Waals surface area contributed by atoms with Crippen molar-refractivity contribution < 1.29 is 28.8 Å². The second-order valence-corrected chi connectivity index (χ2v) is 19.0. The minimum Gasteiger partial charge on any atom is -0.361 e. The highest BCUT2D eigenvalue weighted by Gasteiger charge is 2.23. The Labute approximate surface area is 404 Å². The van der Waals surface area contributed by atoms with E-state index in [4.69, 9.17) is 11.5 Å². The highest BCUT2D eigenvalue weighted by Crippen LogP contribution is 2.19. The standard InChI is InChI=1S/C47H87N15O6/c1-29(2)33(9)57-42(63)53-26-37(22-34-23-50-39-19-11-10-18-38(34)39)60-43(64)51-24-35(16-12-14-20-48)58-44(65)54-27-40(30(3)4)61-46(67)52-25-36(17-13-15-21-49)59-45(66)55-28-41(31(5)6)62-47(68)56-32(7)8/h10-11,18-19,23,29-33,35-37,40-41,50H,12-17,20-22,24-28,48-49H2,1-9H3,(H2,51,60,64)(H2,52,61,67)(H2,53,57,63)(H2,54,58,65)(H2,55,59,66)(H2,56,62,68)/t33-,35+,36+,37+,40-,41-/m1/s1. The van der Waals surface area contributed by atoms with Crippen LogP contribution in [0.15, 0.2) is 30.5 Å². The van der Waals surface area contributed by atoms with Gasteiger partial charge >= 0.3 is 36.2 Å². The number of unbranched alkanes of at least 4 members (excludes halogenated alkanes) is 2. The average Bonchev–Trinajstić information content (AvgIpc) is 3.68. The normalized spacial score (nSPS) is 14.0. The average molecular weight is 958 g/mol. The van der Waals surface area contributed by atoms with Crippen molar-refractivity contribution in [3.63, 3.8) is 0 Å². The molecule has 0 fully saturated rings. The zero-order chi connectivity index (χ0) is 50.6. The van der Waals surface area contributed by atoms with E-state index < -0.39 is 48.3 Å². The molecule has 2 aromatic rings. The molecule has 0 aliphatic rings. The molecule has 0 aliphatic heterocycles. The number of carbonyl (C=O) groups is 6. The van der Waals surface area contributed by atoms with Gasteiger partial charge in [-0.3, -0.25) is 0 Å². The molecule has 2 rings (SSSR count). The molecule has 68 heavy (non-hydrogen) atoms. The summed E-state index contributed by atoms with van der Waals surface area (Å²) in [5, 5.41) is 35.9. The maximum Gasteiger partial charge on any atom is 0.315 e. The van der Waals surface area contributed by atoms with Gasteiger partial charge in [0, 0.05) is 74.0 Å². The second kappa shape index (κ2) is 32.1. The van der Waals surface area contributed by atoms with E-state index in [0.717, 1.165) is 35.7 Å². The van der Waals surface area contributed by atoms with E-state index in [1.807, 2.05) is 92.8 Å². The van der Waals surface area contributed by atoms with Crippen molar-refractivity contribution in [1.82, 2.24) is 68.8 Å². The summed E-state index contributed by atoms with van der Waals surface area (Å²) < 4.78 is 0. The number of aromatic amines is 1. The summed E-state index contributed by atoms with van der Waals surface area (Å²) in [7, 11) is 0. The molecule has 386 valence electrons. The SMILES string of the molecule is CC(C)NC(=O)N[C@H](CNC(=O)N[C@@H](CCCCN)CNC(=O)N[C@H](CNC(=O)N[C@@H](CCCCN)CNC(=O)N[C@H](CNC(=O)N[C@H](C)C(C)C)Cc1c[nH]c2ccccc12)C(C)C)C(C)C. The van der Waals surface area contributed by atoms with Crippen molar-refractivity contribution in [3.8, 4) is 0 Å². The van der Waals surface area contributed by atoms with Crippen LogP contribution in [0.2, 0.25) is 0 Å². The topological polar surface area (TPSA) is 315 Å². The number of amides is 12. The third kappa shape index (κ3) is 24.4. The molecule has 21 heteroatoms. The zero-order valence-electron chi connectivity index (χ0n) is 42.2. The second-order valence-electron chi connectivity index (χ2n) is 19.0. The summed E-state index contributed by atoms with van der Waals surface area (Å²) in [6, 6.07) is 3.33. The quantitative estimate of drug-likeness (QED) is 0.0514. The van der Waals surface area contributed by atoms with Crippen LogP contribution in [0.25, 0.3) is 10.9 Å². The van der Waals surface area contributed by atoms with Gasteiger partial charge in [0.2, 0.25) is 0 Å². The number of hydrogen-bond donors (Lipinski definition) is 15. The molecule has 17 N–H and O–H groups in total. The van der Waals surface area contributed by atoms with Crippen LogP contribution in [-0.4, -0.2) is 129 Å². The molecule has 1 heterocycles. The number of benzene rings is 1. The van der Waals surface area contributed by atoms with Gasteiger partial charge in [-0.05, 0) is 95.3 Å². The van der Waals surface area contributed by atoms with Gasteiger partial charge in [0.25, 0.3) is 0 Å². The van der Waals surface area contributed by atoms with Gasteiger partial charge in [0.1, 0.15) is 0 Å². The molecule has 12 amide bonds. The van der Waals surface area contributed by atoms with E-state index in [1.165, 1.54) is 0 Å². The summed E-state index contributed by atoms with van der Waals surface area (Å²) in [4.78, 5) is 81.2. The third-order valence-electron chi connectivity index (χ3n) is 11.7. The number of H-pyrrole nitrogens is 1. The molecule has 0 bridgehead atoms. The molecule has 6 atom stereocenters. The Morgan fingerprint density at radius 3 is 1.38 bits per heavy atom. The van der Waals surface area contributed by atoms with Crippen LogP contribution in [0, 0.1) is 17.8 Å². The van der Waals surface area contributed by atoms with E-state index in [2.05, 4.69) is 68.8 Å². The molecule has 0 radical (unpaired) electrons. The lowest BCUT2D eigenvalue weighted by Crippen LogP contribution is -2.56. The first-order valence-corrected chi connectivity index (χ1v) is 24.6. The first-order chi connectivity index (χ1) is 32.3. The van der Waals surface area contributed by atoms with Crippen LogP contribution in [0.5, 0.6) is 0 Å². The first kappa shape index (κ1) is 58.4. The number of fused-ring (bicyclic) bond motifs is 1. The molecule has 0 unspecified atom stereocenters. The molecular weight excluding hydrogens is 871 g/mol. The Bertz CT molecular complexity index is 1810. The molecule has 1 aromatic carbocycles. The Hall–Kier alpha value is -5.70. The molecule has 0 saturated carbocycles.